The standard InChI is InChI=1S/C9H9N3O2.C9H7N3O.C7H4ClN3O/c13-6-5-9-10-7-3-1-2-4-8(7)12(14)11-9;1-2-9-10-7-5-3-4-6-8(7)12(13)11-9;8-7-9-5-3-1-2-4-6(5)11(12)10-7/h1-4,13H,5-6H2;2-6H,1H2;1-4H. The second-order valence-corrected chi connectivity index (χ2v) is 7.98. The molecule has 6 rings (SSSR count). The van der Waals surface area contributed by atoms with Crippen molar-refractivity contribution in [1.29, 1.82) is 0 Å². The number of aliphatic hydroxyl groups is 1. The number of hydrogen-bond donors (Lipinski definition) is 1. The highest BCUT2D eigenvalue weighted by atomic mass is 35.5. The molecule has 6 aromatic rings. The fraction of sp³-hybridized carbons (Fsp3) is 0.0800. The van der Waals surface area contributed by atoms with Crippen LogP contribution in [0.1, 0.15) is 11.6 Å². The summed E-state index contributed by atoms with van der Waals surface area (Å²) in [6.45, 7) is 3.44. The lowest BCUT2D eigenvalue weighted by Crippen LogP contribution is -2.34. The van der Waals surface area contributed by atoms with Crippen LogP contribution in [0.25, 0.3) is 39.2 Å². The average molecular weight is 546 g/mol. The monoisotopic (exact) mass is 545 g/mol. The lowest BCUT2D eigenvalue weighted by molar-refractivity contribution is -0.644. The Balaban J connectivity index is 0.000000136. The predicted octanol–water partition coefficient (Wildman–Crippen LogP) is 1.62. The highest BCUT2D eigenvalue weighted by Crippen LogP contribution is 2.08. The summed E-state index contributed by atoms with van der Waals surface area (Å²) in [5, 5.41) is 53.1. The number of rotatable bonds is 3. The fourth-order valence-corrected chi connectivity index (χ4v) is 3.48. The lowest BCUT2D eigenvalue weighted by atomic mass is 10.3. The summed E-state index contributed by atoms with van der Waals surface area (Å²) in [6.07, 6.45) is 1.74. The molecular formula is C25H20ClN9O4. The Labute approximate surface area is 225 Å². The molecule has 3 aromatic carbocycles. The van der Waals surface area contributed by atoms with Gasteiger partial charge in [-0.3, -0.25) is 0 Å². The molecule has 0 amide bonds. The molecule has 0 spiro atoms. The van der Waals surface area contributed by atoms with E-state index in [2.05, 4.69) is 36.8 Å². The van der Waals surface area contributed by atoms with E-state index in [4.69, 9.17) is 16.7 Å². The molecule has 3 aromatic heterocycles. The number of para-hydroxylation sites is 6. The largest absolute Gasteiger partial charge is 0.594 e. The van der Waals surface area contributed by atoms with Gasteiger partial charge in [-0.25, -0.2) is 15.0 Å². The van der Waals surface area contributed by atoms with Gasteiger partial charge < -0.3 is 20.7 Å². The van der Waals surface area contributed by atoms with E-state index in [0.29, 0.717) is 65.7 Å². The van der Waals surface area contributed by atoms with E-state index < -0.39 is 0 Å². The number of nitrogens with zero attached hydrogens (tertiary/aromatic N) is 9. The van der Waals surface area contributed by atoms with Crippen LogP contribution in [-0.4, -0.2) is 42.0 Å². The molecule has 13 nitrogen and oxygen atoms in total. The minimum atomic E-state index is -0.0572. The van der Waals surface area contributed by atoms with Crippen molar-refractivity contribution in [2.75, 3.05) is 6.61 Å². The summed E-state index contributed by atoms with van der Waals surface area (Å²) >= 11 is 5.48. The van der Waals surface area contributed by atoms with Crippen LogP contribution >= 0.6 is 11.6 Å². The predicted molar refractivity (Wildman–Crippen MR) is 141 cm³/mol. The maximum Gasteiger partial charge on any atom is 0.290 e. The Kier molecular flexibility index (Phi) is 8.56. The molecule has 0 aliphatic carbocycles. The zero-order chi connectivity index (χ0) is 27.8. The third-order valence-corrected chi connectivity index (χ3v) is 5.21. The number of aliphatic hydroxyl groups excluding tert-OH is 1. The topological polar surface area (TPSA) is 178 Å². The molecular weight excluding hydrogens is 526 g/mol. The molecule has 0 saturated carbocycles. The highest BCUT2D eigenvalue weighted by molar-refractivity contribution is 6.28. The zero-order valence-electron chi connectivity index (χ0n) is 20.2. The number of fused-ring (bicyclic) bond motifs is 3. The molecule has 0 aliphatic heterocycles. The third kappa shape index (κ3) is 6.60. The molecule has 39 heavy (non-hydrogen) atoms. The molecule has 0 bridgehead atoms. The minimum Gasteiger partial charge on any atom is -0.594 e. The Bertz CT molecular complexity index is 1770. The molecule has 14 heteroatoms. The van der Waals surface area contributed by atoms with E-state index in [0.717, 1.165) is 0 Å². The van der Waals surface area contributed by atoms with Gasteiger partial charge in [0.1, 0.15) is 16.6 Å². The van der Waals surface area contributed by atoms with Crippen molar-refractivity contribution in [2.24, 2.45) is 0 Å². The minimum absolute atomic E-state index is 0.0382. The van der Waals surface area contributed by atoms with Crippen molar-refractivity contribution in [3.63, 3.8) is 0 Å². The van der Waals surface area contributed by atoms with Gasteiger partial charge in [0.2, 0.25) is 5.82 Å². The van der Waals surface area contributed by atoms with Gasteiger partial charge in [-0.05, 0) is 50.4 Å². The SMILES string of the molecule is C=Cc1nc2ccccc2[n+]([O-])n1.[O-][n+]1nc(CCO)nc2ccccc21.[O-][n+]1nc(Cl)nc2ccccc21. The van der Waals surface area contributed by atoms with Crippen molar-refractivity contribution in [2.45, 2.75) is 6.42 Å². The van der Waals surface area contributed by atoms with Gasteiger partial charge in [0.15, 0.2) is 5.82 Å². The first-order valence-electron chi connectivity index (χ1n) is 11.4. The van der Waals surface area contributed by atoms with Gasteiger partial charge in [0, 0.05) is 39.9 Å². The Hall–Kier alpha value is -5.14. The van der Waals surface area contributed by atoms with Gasteiger partial charge in [-0.2, -0.15) is 0 Å². The second-order valence-electron chi connectivity index (χ2n) is 7.64. The smallest absolute Gasteiger partial charge is 0.290 e. The van der Waals surface area contributed by atoms with Gasteiger partial charge in [-0.15, -0.1) is 0 Å². The average Bonchev–Trinajstić information content (AvgIpc) is 2.94. The van der Waals surface area contributed by atoms with Gasteiger partial charge in [0.05, 0.1) is 6.61 Å². The van der Waals surface area contributed by atoms with E-state index in [1.807, 2.05) is 6.07 Å². The highest BCUT2D eigenvalue weighted by Gasteiger charge is 2.09. The number of benzene rings is 3. The lowest BCUT2D eigenvalue weighted by Gasteiger charge is -2.00. The first-order valence-corrected chi connectivity index (χ1v) is 11.7. The van der Waals surface area contributed by atoms with Crippen molar-refractivity contribution in [1.82, 2.24) is 30.2 Å². The van der Waals surface area contributed by atoms with E-state index in [9.17, 15) is 15.6 Å². The maximum atomic E-state index is 11.4. The second kappa shape index (κ2) is 12.4. The van der Waals surface area contributed by atoms with Crippen LogP contribution in [0.15, 0.2) is 79.4 Å². The molecule has 0 atom stereocenters. The summed E-state index contributed by atoms with van der Waals surface area (Å²) in [7, 11) is 0. The molecule has 0 radical (unpaired) electrons. The van der Waals surface area contributed by atoms with E-state index >= 15 is 0 Å². The molecule has 0 fully saturated rings. The number of aromatic nitrogens is 9. The van der Waals surface area contributed by atoms with Crippen molar-refractivity contribution in [3.8, 4) is 0 Å². The molecule has 196 valence electrons. The number of hydrogen-bond acceptors (Lipinski definition) is 10. The molecule has 1 N–H and O–H groups in total. The Morgan fingerprint density at radius 2 is 1.15 bits per heavy atom. The van der Waals surface area contributed by atoms with Crippen LogP contribution in [-0.2, 0) is 6.42 Å². The van der Waals surface area contributed by atoms with Crippen molar-refractivity contribution in [3.05, 3.63) is 112 Å². The van der Waals surface area contributed by atoms with Gasteiger partial charge >= 0.3 is 0 Å². The van der Waals surface area contributed by atoms with Crippen molar-refractivity contribution < 1.29 is 19.6 Å². The molecule has 0 aliphatic rings. The Morgan fingerprint density at radius 3 is 1.69 bits per heavy atom. The van der Waals surface area contributed by atoms with Crippen LogP contribution in [0.2, 0.25) is 5.28 Å². The van der Waals surface area contributed by atoms with Crippen LogP contribution in [0.4, 0.5) is 0 Å². The van der Waals surface area contributed by atoms with E-state index in [1.54, 1.807) is 66.7 Å². The molecule has 0 unspecified atom stereocenters. The van der Waals surface area contributed by atoms with Gasteiger partial charge in [-0.1, -0.05) is 43.0 Å². The summed E-state index contributed by atoms with van der Waals surface area (Å²) in [6, 6.07) is 20.9. The quantitative estimate of drug-likeness (QED) is 0.253. The fourth-order valence-electron chi connectivity index (χ4n) is 3.32. The first-order chi connectivity index (χ1) is 18.9. The summed E-state index contributed by atoms with van der Waals surface area (Å²) < 4.78 is 0. The van der Waals surface area contributed by atoms with E-state index in [1.165, 1.54) is 6.08 Å². The van der Waals surface area contributed by atoms with Crippen LogP contribution in [0.5, 0.6) is 0 Å². The normalized spacial score (nSPS) is 10.4. The summed E-state index contributed by atoms with van der Waals surface area (Å²) in [5.74, 6) is 0.704. The number of halogens is 1. The van der Waals surface area contributed by atoms with Crippen LogP contribution in [0, 0.1) is 15.6 Å². The van der Waals surface area contributed by atoms with Crippen molar-refractivity contribution >= 4 is 50.8 Å². The van der Waals surface area contributed by atoms with Gasteiger partial charge in [0.25, 0.3) is 21.8 Å². The van der Waals surface area contributed by atoms with Crippen LogP contribution in [0.3, 0.4) is 0 Å². The van der Waals surface area contributed by atoms with E-state index in [-0.39, 0.29) is 11.9 Å². The summed E-state index contributed by atoms with van der Waals surface area (Å²) in [4.78, 5) is 13.7. The third-order valence-electron chi connectivity index (χ3n) is 5.05. The molecule has 3 heterocycles. The summed E-state index contributed by atoms with van der Waals surface area (Å²) in [5.41, 5.74) is 3.10. The van der Waals surface area contributed by atoms with Crippen LogP contribution < -0.4 is 14.5 Å². The molecule has 0 saturated heterocycles. The first kappa shape index (κ1) is 26.9. The Morgan fingerprint density at radius 1 is 0.692 bits per heavy atom. The zero-order valence-corrected chi connectivity index (χ0v) is 21.0. The maximum absolute atomic E-state index is 11.4.